The van der Waals surface area contributed by atoms with Crippen molar-refractivity contribution < 1.29 is 13.5 Å². The Morgan fingerprint density at radius 3 is 2.37 bits per heavy atom. The maximum absolute atomic E-state index is 12.3. The van der Waals surface area contributed by atoms with Gasteiger partial charge in [-0.05, 0) is 30.5 Å². The van der Waals surface area contributed by atoms with Crippen molar-refractivity contribution in [2.45, 2.75) is 30.3 Å². The van der Waals surface area contributed by atoms with Crippen molar-refractivity contribution in [1.29, 1.82) is 5.26 Å². The van der Waals surface area contributed by atoms with Crippen molar-refractivity contribution in [2.24, 2.45) is 0 Å². The Morgan fingerprint density at radius 2 is 1.84 bits per heavy atom. The lowest BCUT2D eigenvalue weighted by atomic mass is 10.1. The van der Waals surface area contributed by atoms with Gasteiger partial charge >= 0.3 is 0 Å². The third-order valence-electron chi connectivity index (χ3n) is 3.27. The lowest BCUT2D eigenvalue weighted by Gasteiger charge is -2.28. The first kappa shape index (κ1) is 14.0. The maximum Gasteiger partial charge on any atom is 0.243 e. The summed E-state index contributed by atoms with van der Waals surface area (Å²) in [4.78, 5) is 0.241. The summed E-state index contributed by atoms with van der Waals surface area (Å²) in [6, 6.07) is 8.42. The number of piperidine rings is 1. The first-order valence-electron chi connectivity index (χ1n) is 6.18. The number of hydrogen-bond acceptors (Lipinski definition) is 4. The summed E-state index contributed by atoms with van der Waals surface area (Å²) in [6.45, 7) is 0.701. The van der Waals surface area contributed by atoms with Crippen molar-refractivity contribution in [3.05, 3.63) is 29.8 Å². The van der Waals surface area contributed by atoms with Gasteiger partial charge in [0.1, 0.15) is 0 Å². The van der Waals surface area contributed by atoms with Crippen LogP contribution in [0.15, 0.2) is 29.2 Å². The molecule has 0 amide bonds. The van der Waals surface area contributed by atoms with E-state index in [0.29, 0.717) is 25.9 Å². The van der Waals surface area contributed by atoms with Gasteiger partial charge in [-0.15, -0.1) is 0 Å². The van der Waals surface area contributed by atoms with E-state index in [2.05, 4.69) is 0 Å². The number of aliphatic hydroxyl groups is 1. The van der Waals surface area contributed by atoms with Crippen molar-refractivity contribution >= 4 is 10.0 Å². The summed E-state index contributed by atoms with van der Waals surface area (Å²) >= 11 is 0. The van der Waals surface area contributed by atoms with E-state index in [9.17, 15) is 13.5 Å². The van der Waals surface area contributed by atoms with Crippen molar-refractivity contribution in [2.75, 3.05) is 13.1 Å². The second kappa shape index (κ2) is 5.70. The molecule has 6 heteroatoms. The van der Waals surface area contributed by atoms with E-state index in [1.807, 2.05) is 6.07 Å². The zero-order valence-electron chi connectivity index (χ0n) is 10.5. The maximum atomic E-state index is 12.3. The number of rotatable bonds is 3. The highest BCUT2D eigenvalue weighted by Crippen LogP contribution is 2.21. The molecule has 0 saturated carbocycles. The predicted octanol–water partition coefficient (Wildman–Crippen LogP) is 0.898. The Kier molecular flexibility index (Phi) is 4.20. The van der Waals surface area contributed by atoms with Crippen LogP contribution in [0.4, 0.5) is 0 Å². The second-order valence-corrected chi connectivity index (χ2v) is 6.55. The summed E-state index contributed by atoms with van der Waals surface area (Å²) in [5.41, 5.74) is 0.801. The predicted molar refractivity (Wildman–Crippen MR) is 69.8 cm³/mol. The van der Waals surface area contributed by atoms with E-state index in [1.165, 1.54) is 16.4 Å². The average Bonchev–Trinajstić information content (AvgIpc) is 2.40. The van der Waals surface area contributed by atoms with Gasteiger partial charge in [0.2, 0.25) is 10.0 Å². The number of benzene rings is 1. The van der Waals surface area contributed by atoms with Gasteiger partial charge < -0.3 is 5.11 Å². The number of hydrogen-bond donors (Lipinski definition) is 1. The van der Waals surface area contributed by atoms with Crippen LogP contribution in [0.25, 0.3) is 0 Å². The largest absolute Gasteiger partial charge is 0.393 e. The lowest BCUT2D eigenvalue weighted by Crippen LogP contribution is -2.39. The smallest absolute Gasteiger partial charge is 0.243 e. The molecule has 19 heavy (non-hydrogen) atoms. The van der Waals surface area contributed by atoms with Crippen LogP contribution in [0.5, 0.6) is 0 Å². The normalized spacial score (nSPS) is 18.1. The van der Waals surface area contributed by atoms with Gasteiger partial charge in [-0.2, -0.15) is 9.57 Å². The van der Waals surface area contributed by atoms with Crippen LogP contribution in [0.2, 0.25) is 0 Å². The minimum atomic E-state index is -3.48. The number of aliphatic hydroxyl groups excluding tert-OH is 1. The molecule has 0 spiro atoms. The molecule has 0 bridgehead atoms. The quantitative estimate of drug-likeness (QED) is 0.892. The van der Waals surface area contributed by atoms with E-state index in [4.69, 9.17) is 5.26 Å². The number of sulfonamides is 1. The molecular weight excluding hydrogens is 264 g/mol. The molecule has 0 atom stereocenters. The molecule has 1 N–H and O–H groups in total. The summed E-state index contributed by atoms with van der Waals surface area (Å²) in [6.07, 6.45) is 0.831. The SMILES string of the molecule is N#CCc1ccc(S(=O)(=O)N2CCC(O)CC2)cc1. The van der Waals surface area contributed by atoms with E-state index in [1.54, 1.807) is 12.1 Å². The zero-order chi connectivity index (χ0) is 13.9. The zero-order valence-corrected chi connectivity index (χ0v) is 11.3. The molecule has 0 radical (unpaired) electrons. The summed E-state index contributed by atoms with van der Waals surface area (Å²) in [7, 11) is -3.48. The molecule has 1 aliphatic heterocycles. The van der Waals surface area contributed by atoms with Crippen LogP contribution in [0.1, 0.15) is 18.4 Å². The summed E-state index contributed by atoms with van der Waals surface area (Å²) in [5.74, 6) is 0. The van der Waals surface area contributed by atoms with Crippen LogP contribution >= 0.6 is 0 Å². The molecule has 2 rings (SSSR count). The average molecular weight is 280 g/mol. The fourth-order valence-corrected chi connectivity index (χ4v) is 3.57. The van der Waals surface area contributed by atoms with Crippen molar-refractivity contribution in [3.63, 3.8) is 0 Å². The Hall–Kier alpha value is -1.42. The van der Waals surface area contributed by atoms with Gasteiger partial charge in [-0.3, -0.25) is 0 Å². The Labute approximate surface area is 113 Å². The minimum absolute atomic E-state index is 0.241. The molecule has 1 aliphatic rings. The molecule has 1 fully saturated rings. The van der Waals surface area contributed by atoms with Gasteiger partial charge in [0.15, 0.2) is 0 Å². The number of nitrogens with zero attached hydrogens (tertiary/aromatic N) is 2. The molecule has 0 aromatic heterocycles. The number of nitriles is 1. The van der Waals surface area contributed by atoms with Gasteiger partial charge in [0, 0.05) is 13.1 Å². The van der Waals surface area contributed by atoms with Gasteiger partial charge in [0.05, 0.1) is 23.5 Å². The van der Waals surface area contributed by atoms with Crippen LogP contribution in [0, 0.1) is 11.3 Å². The van der Waals surface area contributed by atoms with Crippen LogP contribution < -0.4 is 0 Å². The monoisotopic (exact) mass is 280 g/mol. The van der Waals surface area contributed by atoms with Crippen LogP contribution in [-0.2, 0) is 16.4 Å². The van der Waals surface area contributed by atoms with Crippen molar-refractivity contribution in [3.8, 4) is 6.07 Å². The van der Waals surface area contributed by atoms with Crippen molar-refractivity contribution in [1.82, 2.24) is 4.31 Å². The van der Waals surface area contributed by atoms with E-state index in [0.717, 1.165) is 5.56 Å². The molecular formula is C13H16N2O3S. The molecule has 1 saturated heterocycles. The molecule has 0 unspecified atom stereocenters. The van der Waals surface area contributed by atoms with Gasteiger partial charge in [0.25, 0.3) is 0 Å². The molecule has 1 aromatic rings. The highest BCUT2D eigenvalue weighted by atomic mass is 32.2. The fourth-order valence-electron chi connectivity index (χ4n) is 2.10. The summed E-state index contributed by atoms with van der Waals surface area (Å²) < 4.78 is 26.1. The lowest BCUT2D eigenvalue weighted by molar-refractivity contribution is 0.113. The third-order valence-corrected chi connectivity index (χ3v) is 5.18. The van der Waals surface area contributed by atoms with Crippen LogP contribution in [0.3, 0.4) is 0 Å². The summed E-state index contributed by atoms with van der Waals surface area (Å²) in [5, 5.41) is 18.0. The first-order chi connectivity index (χ1) is 9.04. The highest BCUT2D eigenvalue weighted by molar-refractivity contribution is 7.89. The van der Waals surface area contributed by atoms with E-state index >= 15 is 0 Å². The highest BCUT2D eigenvalue weighted by Gasteiger charge is 2.28. The molecule has 0 aliphatic carbocycles. The minimum Gasteiger partial charge on any atom is -0.393 e. The molecule has 1 aromatic carbocycles. The first-order valence-corrected chi connectivity index (χ1v) is 7.62. The second-order valence-electron chi connectivity index (χ2n) is 4.61. The van der Waals surface area contributed by atoms with E-state index < -0.39 is 16.1 Å². The molecule has 5 nitrogen and oxygen atoms in total. The third kappa shape index (κ3) is 3.13. The standard InChI is InChI=1S/C13H16N2O3S/c14-8-5-11-1-3-13(4-2-11)19(17,18)15-9-6-12(16)7-10-15/h1-4,12,16H,5-7,9-10H2. The van der Waals surface area contributed by atoms with E-state index in [-0.39, 0.29) is 11.3 Å². The van der Waals surface area contributed by atoms with Gasteiger partial charge in [-0.25, -0.2) is 8.42 Å². The van der Waals surface area contributed by atoms with Gasteiger partial charge in [-0.1, -0.05) is 12.1 Å². The van der Waals surface area contributed by atoms with Crippen LogP contribution in [-0.4, -0.2) is 37.0 Å². The topological polar surface area (TPSA) is 81.4 Å². The molecule has 1 heterocycles. The Bertz CT molecular complexity index is 567. The fraction of sp³-hybridized carbons (Fsp3) is 0.462. The Balaban J connectivity index is 2.17. The Morgan fingerprint density at radius 1 is 1.26 bits per heavy atom. The molecule has 102 valence electrons.